The van der Waals surface area contributed by atoms with Gasteiger partial charge in [0.15, 0.2) is 10.3 Å². The van der Waals surface area contributed by atoms with Gasteiger partial charge in [-0.25, -0.2) is 33.7 Å². The Hall–Kier alpha value is -3.53. The number of hydrogen-bond acceptors (Lipinski definition) is 21. The molecule has 19 nitrogen and oxygen atoms in total. The van der Waals surface area contributed by atoms with Crippen LogP contribution in [0.5, 0.6) is 5.75 Å². The average molecular weight is 835 g/mol. The van der Waals surface area contributed by atoms with Crippen LogP contribution in [0.1, 0.15) is 18.4 Å². The fourth-order valence-electron chi connectivity index (χ4n) is 4.40. The van der Waals surface area contributed by atoms with E-state index in [4.69, 9.17) is 4.74 Å². The molecule has 3 aromatic carbocycles. The molecule has 0 atom stereocenters. The molecule has 0 bridgehead atoms. The van der Waals surface area contributed by atoms with Gasteiger partial charge in [-0.3, -0.25) is 0 Å². The lowest BCUT2D eigenvalue weighted by atomic mass is 10.1. The lowest BCUT2D eigenvalue weighted by molar-refractivity contribution is 0.417. The molecular formula is C27H26N6O13S6-4. The highest BCUT2D eigenvalue weighted by Crippen LogP contribution is 2.37. The number of thioether (sulfide) groups is 2. The number of rotatable bonds is 17. The number of nitrogens with zero attached hydrogens (tertiary/aromatic N) is 5. The summed E-state index contributed by atoms with van der Waals surface area (Å²) in [6.07, 6.45) is 0.0356. The minimum Gasteiger partial charge on any atom is -0.748 e. The van der Waals surface area contributed by atoms with E-state index in [1.54, 1.807) is 13.0 Å². The Morgan fingerprint density at radius 3 is 1.83 bits per heavy atom. The van der Waals surface area contributed by atoms with E-state index in [0.29, 0.717) is 11.3 Å². The predicted molar refractivity (Wildman–Crippen MR) is 185 cm³/mol. The summed E-state index contributed by atoms with van der Waals surface area (Å²) < 4.78 is 143. The third kappa shape index (κ3) is 12.0. The van der Waals surface area contributed by atoms with Crippen molar-refractivity contribution in [2.45, 2.75) is 39.9 Å². The van der Waals surface area contributed by atoms with Crippen molar-refractivity contribution < 1.29 is 56.6 Å². The Morgan fingerprint density at radius 2 is 1.31 bits per heavy atom. The van der Waals surface area contributed by atoms with Crippen LogP contribution >= 0.6 is 23.5 Å². The molecule has 0 saturated heterocycles. The summed E-state index contributed by atoms with van der Waals surface area (Å²) in [5.41, 5.74) is 0.703. The van der Waals surface area contributed by atoms with Gasteiger partial charge in [-0.05, 0) is 49.6 Å². The maximum Gasteiger partial charge on any atom is 0.232 e. The Balaban J connectivity index is 1.66. The van der Waals surface area contributed by atoms with Gasteiger partial charge in [-0.1, -0.05) is 35.7 Å². The number of anilines is 2. The first-order valence-electron chi connectivity index (χ1n) is 14.4. The van der Waals surface area contributed by atoms with Crippen molar-refractivity contribution in [3.63, 3.8) is 0 Å². The van der Waals surface area contributed by atoms with Crippen LogP contribution in [0.15, 0.2) is 72.8 Å². The van der Waals surface area contributed by atoms with Crippen LogP contribution in [0.4, 0.5) is 23.0 Å². The van der Waals surface area contributed by atoms with Gasteiger partial charge in [0.1, 0.15) is 26.0 Å². The summed E-state index contributed by atoms with van der Waals surface area (Å²) in [6.45, 7) is 1.62. The van der Waals surface area contributed by atoms with E-state index in [0.717, 1.165) is 47.8 Å². The first-order chi connectivity index (χ1) is 24.1. The van der Waals surface area contributed by atoms with Crippen molar-refractivity contribution in [3.05, 3.63) is 48.0 Å². The minimum absolute atomic E-state index is 0.00776. The summed E-state index contributed by atoms with van der Waals surface area (Å²) in [5, 5.41) is 10.7. The molecule has 0 aliphatic rings. The molecule has 0 aliphatic heterocycles. The zero-order valence-electron chi connectivity index (χ0n) is 26.8. The normalized spacial score (nSPS) is 12.8. The molecule has 4 aromatic rings. The van der Waals surface area contributed by atoms with Gasteiger partial charge in [0, 0.05) is 39.9 Å². The van der Waals surface area contributed by atoms with Gasteiger partial charge in [-0.2, -0.15) is 25.2 Å². The van der Waals surface area contributed by atoms with Crippen molar-refractivity contribution in [1.29, 1.82) is 0 Å². The third-order valence-electron chi connectivity index (χ3n) is 6.61. The van der Waals surface area contributed by atoms with Crippen molar-refractivity contribution >= 4 is 97.8 Å². The summed E-state index contributed by atoms with van der Waals surface area (Å²) >= 11 is 2.07. The molecular weight excluding hydrogens is 809 g/mol. The first-order valence-corrected chi connectivity index (χ1v) is 22.3. The molecule has 1 aromatic heterocycles. The summed E-state index contributed by atoms with van der Waals surface area (Å²) in [5.74, 6) is -0.690. The number of aryl methyl sites for hydroxylation is 1. The van der Waals surface area contributed by atoms with Crippen molar-refractivity contribution in [1.82, 2.24) is 15.0 Å². The zero-order chi connectivity index (χ0) is 38.5. The molecule has 0 radical (unpaired) electrons. The van der Waals surface area contributed by atoms with Gasteiger partial charge in [-0.15, -0.1) is 0 Å². The molecule has 52 heavy (non-hydrogen) atoms. The quantitative estimate of drug-likeness (QED) is 0.0689. The maximum atomic E-state index is 12.0. The second kappa shape index (κ2) is 16.6. The second-order valence-corrected chi connectivity index (χ2v) is 18.4. The van der Waals surface area contributed by atoms with Crippen molar-refractivity contribution in [3.8, 4) is 5.75 Å². The summed E-state index contributed by atoms with van der Waals surface area (Å²) in [6, 6.07) is 8.25. The number of nitrogens with one attached hydrogen (secondary N) is 1. The number of hydrogen-bond donors (Lipinski definition) is 1. The molecule has 282 valence electrons. The predicted octanol–water partition coefficient (Wildman–Crippen LogP) is 3.36. The Kier molecular flexibility index (Phi) is 13.2. The Morgan fingerprint density at radius 1 is 0.731 bits per heavy atom. The van der Waals surface area contributed by atoms with Crippen LogP contribution in [0, 0.1) is 6.92 Å². The minimum atomic E-state index is -5.15. The van der Waals surface area contributed by atoms with Crippen molar-refractivity contribution in [2.75, 3.05) is 35.4 Å². The zero-order valence-corrected chi connectivity index (χ0v) is 31.7. The molecule has 0 fully saturated rings. The lowest BCUT2D eigenvalue weighted by Gasteiger charge is -2.15. The van der Waals surface area contributed by atoms with E-state index in [2.05, 4.69) is 30.5 Å². The highest BCUT2D eigenvalue weighted by atomic mass is 32.2. The number of azo groups is 1. The van der Waals surface area contributed by atoms with E-state index in [1.807, 2.05) is 0 Å². The monoisotopic (exact) mass is 834 g/mol. The van der Waals surface area contributed by atoms with Gasteiger partial charge in [0.05, 0.1) is 54.2 Å². The van der Waals surface area contributed by atoms with Crippen LogP contribution in [0.25, 0.3) is 10.8 Å². The average Bonchev–Trinajstić information content (AvgIpc) is 3.02. The molecule has 0 aliphatic carbocycles. The van der Waals surface area contributed by atoms with Crippen LogP contribution < -0.4 is 10.1 Å². The molecule has 1 heterocycles. The standard InChI is InChI=1S/C27H30N6O13S6/c1-16-12-21(28-25-29-26(47-8-4-10-49(34,35)36)31-27(30-25)48-9-5-11-50(37,38)39)22(46-2)15-20(16)33-32-17-13-19-18(24(14-17)52(43,44)45)6-3-7-23(19)51(40,41)42/h3,6-7,12-15H,4-5,8-11H2,1-2H3,(H,34,35,36)(H,37,38,39)(H,40,41,42)(H,43,44,45)(H,28,29,30,31)/p-4. The van der Waals surface area contributed by atoms with Crippen molar-refractivity contribution in [2.24, 2.45) is 10.2 Å². The van der Waals surface area contributed by atoms with E-state index < -0.39 is 61.8 Å². The van der Waals surface area contributed by atoms with Crippen LogP contribution in [0.3, 0.4) is 0 Å². The smallest absolute Gasteiger partial charge is 0.232 e. The number of methoxy groups -OCH3 is 1. The third-order valence-corrected chi connectivity index (χ3v) is 11.8. The van der Waals surface area contributed by atoms with E-state index in [9.17, 15) is 51.9 Å². The number of benzene rings is 3. The van der Waals surface area contributed by atoms with Crippen LogP contribution in [0.2, 0.25) is 0 Å². The summed E-state index contributed by atoms with van der Waals surface area (Å²) in [7, 11) is -17.8. The second-order valence-electron chi connectivity index (χ2n) is 10.5. The van der Waals surface area contributed by atoms with Crippen LogP contribution in [-0.4, -0.2) is 97.0 Å². The largest absolute Gasteiger partial charge is 0.748 e. The number of fused-ring (bicyclic) bond motifs is 1. The highest BCUT2D eigenvalue weighted by Gasteiger charge is 2.17. The molecule has 0 saturated carbocycles. The number of ether oxygens (including phenoxy) is 1. The fraction of sp³-hybridized carbons (Fsp3) is 0.296. The SMILES string of the molecule is COc1cc(N=Nc2cc(S(=O)(=O)[O-])c3cccc(S(=O)(=O)[O-])c3c2)c(C)cc1Nc1nc(SCCCS(=O)(=O)[O-])nc(SCCCS(=O)(=O)[O-])n1. The van der Waals surface area contributed by atoms with E-state index >= 15 is 0 Å². The number of aromatic nitrogens is 3. The molecule has 0 spiro atoms. The fourth-order valence-corrected chi connectivity index (χ4v) is 8.76. The van der Waals surface area contributed by atoms with Gasteiger partial charge < -0.3 is 28.3 Å². The first kappa shape index (κ1) is 41.2. The Labute approximate surface area is 307 Å². The Bertz CT molecular complexity index is 2410. The van der Waals surface area contributed by atoms with Gasteiger partial charge >= 0.3 is 0 Å². The lowest BCUT2D eigenvalue weighted by Crippen LogP contribution is -2.07. The summed E-state index contributed by atoms with van der Waals surface area (Å²) in [4.78, 5) is 11.3. The van der Waals surface area contributed by atoms with Gasteiger partial charge in [0.25, 0.3) is 0 Å². The maximum absolute atomic E-state index is 12.0. The van der Waals surface area contributed by atoms with E-state index in [1.165, 1.54) is 19.2 Å². The molecule has 4 rings (SSSR count). The van der Waals surface area contributed by atoms with Crippen LogP contribution in [-0.2, 0) is 40.5 Å². The van der Waals surface area contributed by atoms with E-state index in [-0.39, 0.29) is 68.5 Å². The molecule has 0 amide bonds. The molecule has 25 heteroatoms. The van der Waals surface area contributed by atoms with Gasteiger partial charge in [0.2, 0.25) is 5.95 Å². The highest BCUT2D eigenvalue weighted by molar-refractivity contribution is 7.99. The molecule has 0 unspecified atom stereocenters. The topological polar surface area (TPSA) is 313 Å². The molecule has 1 N–H and O–H groups in total.